The number of benzene rings is 6. The van der Waals surface area contributed by atoms with E-state index in [4.69, 9.17) is 4.42 Å². The van der Waals surface area contributed by atoms with Gasteiger partial charge in [0.2, 0.25) is 11.8 Å². The van der Waals surface area contributed by atoms with Crippen molar-refractivity contribution in [1.29, 1.82) is 0 Å². The fourth-order valence-electron chi connectivity index (χ4n) is 5.79. The third-order valence-electron chi connectivity index (χ3n) is 7.76. The maximum atomic E-state index is 6.01. The predicted octanol–water partition coefficient (Wildman–Crippen LogP) is 9.97. The molecular weight excluding hydrogens is 528 g/mol. The highest BCUT2D eigenvalue weighted by molar-refractivity contribution is 6.09. The first-order valence-electron chi connectivity index (χ1n) is 14.3. The molecule has 2 aromatic heterocycles. The van der Waals surface area contributed by atoms with Gasteiger partial charge in [-0.15, -0.1) is 10.2 Å². The molecule has 0 saturated carbocycles. The SMILES string of the molecule is c1ccc(-c2nnc(-c3ccc(N(c4ccccc4)c4cccc(-n5c6ccccc6c6ccccc65)c4)cc3)o2)cc1. The number of hydrogen-bond donors (Lipinski definition) is 0. The van der Waals surface area contributed by atoms with E-state index in [1.807, 2.05) is 48.5 Å². The molecule has 8 rings (SSSR count). The van der Waals surface area contributed by atoms with Crippen LogP contribution in [0.15, 0.2) is 162 Å². The minimum atomic E-state index is 0.491. The summed E-state index contributed by atoms with van der Waals surface area (Å²) in [6, 6.07) is 54.4. The molecule has 5 heteroatoms. The summed E-state index contributed by atoms with van der Waals surface area (Å²) < 4.78 is 8.36. The molecule has 0 unspecified atom stereocenters. The van der Waals surface area contributed by atoms with Crippen molar-refractivity contribution in [3.63, 3.8) is 0 Å². The molecule has 43 heavy (non-hydrogen) atoms. The van der Waals surface area contributed by atoms with Gasteiger partial charge in [0.15, 0.2) is 0 Å². The summed E-state index contributed by atoms with van der Waals surface area (Å²) in [5.74, 6) is 0.998. The Hall–Kier alpha value is -5.94. The van der Waals surface area contributed by atoms with Crippen LogP contribution in [0.2, 0.25) is 0 Å². The Labute approximate surface area is 248 Å². The van der Waals surface area contributed by atoms with E-state index in [2.05, 4.69) is 129 Å². The Bertz CT molecular complexity index is 2130. The van der Waals surface area contributed by atoms with Crippen LogP contribution in [0.4, 0.5) is 17.1 Å². The summed E-state index contributed by atoms with van der Waals surface area (Å²) in [6.45, 7) is 0. The molecule has 0 aliphatic heterocycles. The molecule has 0 saturated heterocycles. The lowest BCUT2D eigenvalue weighted by atomic mass is 10.1. The Kier molecular flexibility index (Phi) is 6.05. The van der Waals surface area contributed by atoms with Crippen molar-refractivity contribution < 1.29 is 4.42 Å². The van der Waals surface area contributed by atoms with Gasteiger partial charge < -0.3 is 13.9 Å². The number of hydrogen-bond acceptors (Lipinski definition) is 4. The van der Waals surface area contributed by atoms with Gasteiger partial charge >= 0.3 is 0 Å². The summed E-state index contributed by atoms with van der Waals surface area (Å²) >= 11 is 0. The topological polar surface area (TPSA) is 47.1 Å². The van der Waals surface area contributed by atoms with Crippen molar-refractivity contribution in [3.05, 3.63) is 158 Å². The van der Waals surface area contributed by atoms with Crippen molar-refractivity contribution in [1.82, 2.24) is 14.8 Å². The molecule has 0 amide bonds. The van der Waals surface area contributed by atoms with E-state index in [0.29, 0.717) is 11.8 Å². The molecule has 6 aromatic carbocycles. The summed E-state index contributed by atoms with van der Waals surface area (Å²) in [7, 11) is 0. The van der Waals surface area contributed by atoms with E-state index >= 15 is 0 Å². The zero-order valence-corrected chi connectivity index (χ0v) is 23.2. The maximum Gasteiger partial charge on any atom is 0.248 e. The summed E-state index contributed by atoms with van der Waals surface area (Å²) in [5.41, 5.74) is 8.39. The first-order chi connectivity index (χ1) is 21.3. The second-order valence-corrected chi connectivity index (χ2v) is 10.4. The maximum absolute atomic E-state index is 6.01. The van der Waals surface area contributed by atoms with Crippen molar-refractivity contribution in [2.24, 2.45) is 0 Å². The molecule has 0 radical (unpaired) electrons. The quantitative estimate of drug-likeness (QED) is 0.205. The van der Waals surface area contributed by atoms with Gasteiger partial charge in [0.05, 0.1) is 11.0 Å². The number of aromatic nitrogens is 3. The monoisotopic (exact) mass is 554 g/mol. The highest BCUT2D eigenvalue weighted by Gasteiger charge is 2.17. The normalized spacial score (nSPS) is 11.3. The fraction of sp³-hybridized carbons (Fsp3) is 0. The smallest absolute Gasteiger partial charge is 0.248 e. The predicted molar refractivity (Wildman–Crippen MR) is 174 cm³/mol. The third-order valence-corrected chi connectivity index (χ3v) is 7.76. The second-order valence-electron chi connectivity index (χ2n) is 10.4. The Balaban J connectivity index is 1.21. The van der Waals surface area contributed by atoms with E-state index in [0.717, 1.165) is 33.9 Å². The molecule has 0 aliphatic carbocycles. The number of nitrogens with zero attached hydrogens (tertiary/aromatic N) is 4. The Morgan fingerprint density at radius 3 is 1.60 bits per heavy atom. The number of rotatable bonds is 6. The van der Waals surface area contributed by atoms with Gasteiger partial charge in [-0.1, -0.05) is 78.9 Å². The third kappa shape index (κ3) is 4.44. The molecule has 5 nitrogen and oxygen atoms in total. The van der Waals surface area contributed by atoms with Crippen molar-refractivity contribution in [2.75, 3.05) is 4.90 Å². The average molecular weight is 555 g/mol. The van der Waals surface area contributed by atoms with Gasteiger partial charge in [-0.05, 0) is 78.9 Å². The Morgan fingerprint density at radius 1 is 0.442 bits per heavy atom. The highest BCUT2D eigenvalue weighted by Crippen LogP contribution is 2.38. The van der Waals surface area contributed by atoms with Crippen LogP contribution in [0, 0.1) is 0 Å². The van der Waals surface area contributed by atoms with Crippen LogP contribution in [-0.4, -0.2) is 14.8 Å². The zero-order valence-electron chi connectivity index (χ0n) is 23.2. The van der Waals surface area contributed by atoms with Crippen LogP contribution in [0.25, 0.3) is 50.4 Å². The number of para-hydroxylation sites is 3. The van der Waals surface area contributed by atoms with E-state index in [9.17, 15) is 0 Å². The van der Waals surface area contributed by atoms with Crippen molar-refractivity contribution >= 4 is 38.9 Å². The highest BCUT2D eigenvalue weighted by atomic mass is 16.4. The number of fused-ring (bicyclic) bond motifs is 3. The van der Waals surface area contributed by atoms with Gasteiger partial charge in [0.1, 0.15) is 0 Å². The summed E-state index contributed by atoms with van der Waals surface area (Å²) in [5, 5.41) is 11.1. The minimum Gasteiger partial charge on any atom is -0.416 e. The largest absolute Gasteiger partial charge is 0.416 e. The molecule has 0 spiro atoms. The first kappa shape index (κ1) is 24.8. The standard InChI is InChI=1S/C38H26N4O/c1-3-12-27(13-4-1)37-39-40-38(43-37)28-22-24-30(25-23-28)41(29-14-5-2-6-15-29)31-16-11-17-32(26-31)42-35-20-9-7-18-33(35)34-19-8-10-21-36(34)42/h1-26H. The molecule has 0 atom stereocenters. The number of anilines is 3. The average Bonchev–Trinajstić information content (AvgIpc) is 3.70. The minimum absolute atomic E-state index is 0.491. The van der Waals surface area contributed by atoms with E-state index in [1.54, 1.807) is 0 Å². The molecule has 2 heterocycles. The van der Waals surface area contributed by atoms with Crippen LogP contribution in [0.5, 0.6) is 0 Å². The molecule has 204 valence electrons. The second kappa shape index (κ2) is 10.5. The van der Waals surface area contributed by atoms with Crippen LogP contribution in [0.1, 0.15) is 0 Å². The van der Waals surface area contributed by atoms with E-state index < -0.39 is 0 Å². The van der Waals surface area contributed by atoms with Crippen LogP contribution >= 0.6 is 0 Å². The van der Waals surface area contributed by atoms with Gasteiger partial charge in [-0.2, -0.15) is 0 Å². The lowest BCUT2D eigenvalue weighted by Gasteiger charge is -2.26. The lowest BCUT2D eigenvalue weighted by Crippen LogP contribution is -2.10. The van der Waals surface area contributed by atoms with Crippen molar-refractivity contribution in [3.8, 4) is 28.6 Å². The summed E-state index contributed by atoms with van der Waals surface area (Å²) in [4.78, 5) is 2.27. The molecular formula is C38H26N4O. The van der Waals surface area contributed by atoms with Gasteiger partial charge in [-0.3, -0.25) is 0 Å². The van der Waals surface area contributed by atoms with Gasteiger partial charge in [-0.25, -0.2) is 0 Å². The van der Waals surface area contributed by atoms with Crippen LogP contribution in [0.3, 0.4) is 0 Å². The molecule has 0 fully saturated rings. The molecule has 8 aromatic rings. The molecule has 0 bridgehead atoms. The van der Waals surface area contributed by atoms with Crippen LogP contribution in [-0.2, 0) is 0 Å². The van der Waals surface area contributed by atoms with Gasteiger partial charge in [0.25, 0.3) is 0 Å². The lowest BCUT2D eigenvalue weighted by molar-refractivity contribution is 0.584. The molecule has 0 N–H and O–H groups in total. The Morgan fingerprint density at radius 2 is 0.953 bits per heavy atom. The van der Waals surface area contributed by atoms with Crippen LogP contribution < -0.4 is 4.90 Å². The molecule has 0 aliphatic rings. The van der Waals surface area contributed by atoms with E-state index in [1.165, 1.54) is 21.8 Å². The fourth-order valence-corrected chi connectivity index (χ4v) is 5.79. The zero-order chi connectivity index (χ0) is 28.6. The van der Waals surface area contributed by atoms with E-state index in [-0.39, 0.29) is 0 Å². The van der Waals surface area contributed by atoms with Gasteiger partial charge in [0, 0.05) is 44.6 Å². The summed E-state index contributed by atoms with van der Waals surface area (Å²) in [6.07, 6.45) is 0. The first-order valence-corrected chi connectivity index (χ1v) is 14.3. The van der Waals surface area contributed by atoms with Crippen molar-refractivity contribution in [2.45, 2.75) is 0 Å².